The van der Waals surface area contributed by atoms with Crippen molar-refractivity contribution in [3.8, 4) is 11.3 Å². The van der Waals surface area contributed by atoms with E-state index in [1.165, 1.54) is 11.3 Å². The molecule has 6 nitrogen and oxygen atoms in total. The summed E-state index contributed by atoms with van der Waals surface area (Å²) in [7, 11) is 0. The van der Waals surface area contributed by atoms with Crippen LogP contribution < -0.4 is 4.90 Å². The third kappa shape index (κ3) is 5.28. The van der Waals surface area contributed by atoms with E-state index in [1.54, 1.807) is 0 Å². The van der Waals surface area contributed by atoms with Crippen LogP contribution in [-0.4, -0.2) is 60.2 Å². The predicted molar refractivity (Wildman–Crippen MR) is 155 cm³/mol. The topological polar surface area (TPSA) is 58.6 Å². The zero-order valence-corrected chi connectivity index (χ0v) is 22.4. The summed E-state index contributed by atoms with van der Waals surface area (Å²) in [4.78, 5) is 28.3. The second-order valence-electron chi connectivity index (χ2n) is 9.31. The molecule has 0 N–H and O–H groups in total. The summed E-state index contributed by atoms with van der Waals surface area (Å²) < 4.78 is 6.45. The number of fused-ring (bicyclic) bond motifs is 2. The van der Waals surface area contributed by atoms with Crippen molar-refractivity contribution in [2.24, 2.45) is 0 Å². The van der Waals surface area contributed by atoms with Crippen molar-refractivity contribution in [2.45, 2.75) is 6.42 Å². The number of amides is 1. The van der Waals surface area contributed by atoms with Crippen LogP contribution in [0.25, 0.3) is 32.4 Å². The van der Waals surface area contributed by atoms with Gasteiger partial charge in [-0.05, 0) is 36.8 Å². The molecular formula is C30H27ClN4O2S. The van der Waals surface area contributed by atoms with Gasteiger partial charge in [-0.2, -0.15) is 0 Å². The van der Waals surface area contributed by atoms with E-state index in [0.717, 1.165) is 71.6 Å². The Labute approximate surface area is 230 Å². The first kappa shape index (κ1) is 24.9. The molecule has 0 unspecified atom stereocenters. The molecule has 1 fully saturated rings. The van der Waals surface area contributed by atoms with E-state index in [9.17, 15) is 4.79 Å². The number of benzene rings is 3. The maximum absolute atomic E-state index is 14.4. The second-order valence-corrected chi connectivity index (χ2v) is 10.8. The Morgan fingerprint density at radius 3 is 2.58 bits per heavy atom. The first-order valence-corrected chi connectivity index (χ1v) is 14.0. The minimum Gasteiger partial charge on any atom is -0.379 e. The zero-order valence-electron chi connectivity index (χ0n) is 20.8. The normalized spacial score (nSPS) is 14.2. The van der Waals surface area contributed by atoms with Gasteiger partial charge in [0.05, 0.1) is 40.2 Å². The smallest absolute Gasteiger partial charge is 0.260 e. The van der Waals surface area contributed by atoms with Gasteiger partial charge in [-0.15, -0.1) is 0 Å². The largest absolute Gasteiger partial charge is 0.379 e. The van der Waals surface area contributed by atoms with E-state index in [2.05, 4.69) is 4.90 Å². The summed E-state index contributed by atoms with van der Waals surface area (Å²) in [6.07, 6.45) is 0.830. The van der Waals surface area contributed by atoms with Gasteiger partial charge in [0.15, 0.2) is 5.13 Å². The maximum atomic E-state index is 14.4. The Morgan fingerprint density at radius 1 is 0.947 bits per heavy atom. The number of para-hydroxylation sites is 1. The van der Waals surface area contributed by atoms with Crippen molar-refractivity contribution in [2.75, 3.05) is 44.3 Å². The lowest BCUT2D eigenvalue weighted by molar-refractivity contribution is 0.0376. The van der Waals surface area contributed by atoms with Crippen molar-refractivity contribution in [3.05, 3.63) is 89.4 Å². The average molecular weight is 543 g/mol. The number of nitrogens with zero attached hydrogens (tertiary/aromatic N) is 4. The van der Waals surface area contributed by atoms with Crippen LogP contribution in [0.1, 0.15) is 16.8 Å². The van der Waals surface area contributed by atoms with E-state index >= 15 is 0 Å². The lowest BCUT2D eigenvalue weighted by Gasteiger charge is -2.28. The molecule has 0 saturated carbocycles. The van der Waals surface area contributed by atoms with Crippen LogP contribution in [0.2, 0.25) is 5.02 Å². The molecule has 8 heteroatoms. The molecule has 1 saturated heterocycles. The summed E-state index contributed by atoms with van der Waals surface area (Å²) in [5, 5.41) is 2.17. The Morgan fingerprint density at radius 2 is 1.74 bits per heavy atom. The van der Waals surface area contributed by atoms with Crippen LogP contribution in [0.5, 0.6) is 0 Å². The highest BCUT2D eigenvalue weighted by Crippen LogP contribution is 2.33. The number of carbonyl (C=O) groups excluding carboxylic acids is 1. The van der Waals surface area contributed by atoms with Gasteiger partial charge in [0.2, 0.25) is 0 Å². The molecule has 192 valence electrons. The average Bonchev–Trinajstić information content (AvgIpc) is 3.38. The lowest BCUT2D eigenvalue weighted by atomic mass is 10.0. The quantitative estimate of drug-likeness (QED) is 0.234. The van der Waals surface area contributed by atoms with Crippen LogP contribution in [0.15, 0.2) is 78.9 Å². The van der Waals surface area contributed by atoms with Gasteiger partial charge in [0, 0.05) is 42.2 Å². The van der Waals surface area contributed by atoms with E-state index in [-0.39, 0.29) is 5.91 Å². The third-order valence-electron chi connectivity index (χ3n) is 6.79. The van der Waals surface area contributed by atoms with Crippen molar-refractivity contribution in [1.29, 1.82) is 0 Å². The van der Waals surface area contributed by atoms with Gasteiger partial charge in [-0.3, -0.25) is 14.6 Å². The summed E-state index contributed by atoms with van der Waals surface area (Å²) in [5.74, 6) is -0.0760. The highest BCUT2D eigenvalue weighted by molar-refractivity contribution is 7.22. The van der Waals surface area contributed by atoms with Crippen LogP contribution in [0.4, 0.5) is 5.13 Å². The highest BCUT2D eigenvalue weighted by Gasteiger charge is 2.24. The third-order valence-corrected chi connectivity index (χ3v) is 8.07. The number of rotatable bonds is 7. The fourth-order valence-corrected chi connectivity index (χ4v) is 6.08. The van der Waals surface area contributed by atoms with E-state index in [1.807, 2.05) is 83.8 Å². The van der Waals surface area contributed by atoms with Crippen LogP contribution in [-0.2, 0) is 4.74 Å². The number of pyridine rings is 1. The first-order chi connectivity index (χ1) is 18.7. The Kier molecular flexibility index (Phi) is 7.33. The van der Waals surface area contributed by atoms with Crippen LogP contribution >= 0.6 is 22.9 Å². The number of carbonyl (C=O) groups is 1. The number of thiazole rings is 1. The number of hydrogen-bond donors (Lipinski definition) is 0. The molecule has 5 aromatic rings. The minimum atomic E-state index is -0.0760. The van der Waals surface area contributed by atoms with Gasteiger partial charge in [-0.1, -0.05) is 71.5 Å². The van der Waals surface area contributed by atoms with Crippen molar-refractivity contribution in [3.63, 3.8) is 0 Å². The fourth-order valence-electron chi connectivity index (χ4n) is 4.82. The van der Waals surface area contributed by atoms with Crippen molar-refractivity contribution >= 4 is 55.1 Å². The molecule has 38 heavy (non-hydrogen) atoms. The molecule has 0 bridgehead atoms. The molecule has 0 aliphatic carbocycles. The maximum Gasteiger partial charge on any atom is 0.260 e. The van der Waals surface area contributed by atoms with Gasteiger partial charge in [0.1, 0.15) is 0 Å². The first-order valence-electron chi connectivity index (χ1n) is 12.8. The molecule has 0 spiro atoms. The van der Waals surface area contributed by atoms with Crippen molar-refractivity contribution < 1.29 is 9.53 Å². The molecule has 2 aromatic heterocycles. The fraction of sp³-hybridized carbons (Fsp3) is 0.233. The molecule has 0 radical (unpaired) electrons. The van der Waals surface area contributed by atoms with Gasteiger partial charge >= 0.3 is 0 Å². The summed E-state index contributed by atoms with van der Waals surface area (Å²) in [6, 6.07) is 25.4. The monoisotopic (exact) mass is 542 g/mol. The molecule has 6 rings (SSSR count). The number of ether oxygens (including phenoxy) is 1. The Hall–Kier alpha value is -3.36. The lowest BCUT2D eigenvalue weighted by Crippen LogP contribution is -2.39. The predicted octanol–water partition coefficient (Wildman–Crippen LogP) is 6.53. The molecule has 1 aliphatic rings. The van der Waals surface area contributed by atoms with Crippen LogP contribution in [0.3, 0.4) is 0 Å². The molecule has 3 aromatic carbocycles. The number of hydrogen-bond acceptors (Lipinski definition) is 6. The van der Waals surface area contributed by atoms with Gasteiger partial charge in [-0.25, -0.2) is 9.97 Å². The Bertz CT molecular complexity index is 1580. The van der Waals surface area contributed by atoms with Gasteiger partial charge < -0.3 is 4.74 Å². The minimum absolute atomic E-state index is 0.0760. The zero-order chi connectivity index (χ0) is 25.9. The molecular weight excluding hydrogens is 516 g/mol. The van der Waals surface area contributed by atoms with Crippen LogP contribution in [0, 0.1) is 0 Å². The SMILES string of the molecule is O=C(c1cc(-c2ccccc2)nc2ccccc12)N(CCCN1CCOCC1)c1nc2ccc(Cl)cc2s1. The summed E-state index contributed by atoms with van der Waals surface area (Å²) in [6.45, 7) is 4.81. The van der Waals surface area contributed by atoms with E-state index < -0.39 is 0 Å². The number of anilines is 1. The Balaban J connectivity index is 1.39. The summed E-state index contributed by atoms with van der Waals surface area (Å²) in [5.41, 5.74) is 4.00. The standard InChI is InChI=1S/C30H27ClN4O2S/c31-22-11-12-26-28(19-22)38-30(33-26)35(14-6-13-34-15-17-37-18-16-34)29(36)24-20-27(21-7-2-1-3-8-21)32-25-10-5-4-9-23(24)25/h1-5,7-12,19-20H,6,13-18H2. The highest BCUT2D eigenvalue weighted by atomic mass is 35.5. The number of halogens is 1. The second kappa shape index (κ2) is 11.2. The number of morpholine rings is 1. The summed E-state index contributed by atoms with van der Waals surface area (Å²) >= 11 is 7.75. The van der Waals surface area contributed by atoms with Crippen molar-refractivity contribution in [1.82, 2.24) is 14.9 Å². The molecule has 0 atom stereocenters. The number of aromatic nitrogens is 2. The molecule has 1 amide bonds. The molecule has 1 aliphatic heterocycles. The van der Waals surface area contributed by atoms with E-state index in [4.69, 9.17) is 26.3 Å². The molecule has 3 heterocycles. The van der Waals surface area contributed by atoms with Gasteiger partial charge in [0.25, 0.3) is 5.91 Å². The van der Waals surface area contributed by atoms with E-state index in [0.29, 0.717) is 22.3 Å².